The number of hydrogen-bond acceptors (Lipinski definition) is 2. The summed E-state index contributed by atoms with van der Waals surface area (Å²) in [7, 11) is 0. The summed E-state index contributed by atoms with van der Waals surface area (Å²) >= 11 is 0. The van der Waals surface area contributed by atoms with Crippen molar-refractivity contribution in [3.63, 3.8) is 0 Å². The third-order valence-electron chi connectivity index (χ3n) is 3.76. The van der Waals surface area contributed by atoms with Crippen molar-refractivity contribution in [3.8, 4) is 0 Å². The highest BCUT2D eigenvalue weighted by Gasteiger charge is 2.46. The second kappa shape index (κ2) is 3.95. The minimum atomic E-state index is -2.58. The minimum Gasteiger partial charge on any atom is -0.361 e. The Kier molecular flexibility index (Phi) is 2.54. The van der Waals surface area contributed by atoms with E-state index in [1.54, 1.807) is 0 Å². The molecular weight excluding hydrogens is 222 g/mol. The number of hydrogen-bond donors (Lipinski definition) is 1. The van der Waals surface area contributed by atoms with E-state index in [4.69, 9.17) is 0 Å². The van der Waals surface area contributed by atoms with Crippen molar-refractivity contribution in [1.29, 1.82) is 0 Å². The van der Waals surface area contributed by atoms with Crippen molar-refractivity contribution >= 4 is 5.69 Å². The third-order valence-corrected chi connectivity index (χ3v) is 3.76. The molecule has 2 heterocycles. The molecule has 1 N–H and O–H groups in total. The number of anilines is 1. The molecule has 1 aromatic rings. The maximum absolute atomic E-state index is 13.9. The molecule has 0 aromatic heterocycles. The van der Waals surface area contributed by atoms with Gasteiger partial charge in [-0.25, -0.2) is 8.78 Å². The van der Waals surface area contributed by atoms with Crippen LogP contribution in [0.1, 0.15) is 12.0 Å². The Labute approximate surface area is 99.6 Å². The Hall–Kier alpha value is -1.16. The monoisotopic (exact) mass is 238 g/mol. The summed E-state index contributed by atoms with van der Waals surface area (Å²) in [5, 5.41) is 3.08. The topological polar surface area (TPSA) is 15.3 Å². The van der Waals surface area contributed by atoms with Gasteiger partial charge in [0, 0.05) is 31.7 Å². The molecule has 92 valence electrons. The number of fused-ring (bicyclic) bond motifs is 1. The summed E-state index contributed by atoms with van der Waals surface area (Å²) < 4.78 is 27.9. The van der Waals surface area contributed by atoms with E-state index in [1.165, 1.54) is 5.56 Å². The molecule has 0 amide bonds. The first-order chi connectivity index (χ1) is 8.18. The lowest BCUT2D eigenvalue weighted by Crippen LogP contribution is -2.57. The summed E-state index contributed by atoms with van der Waals surface area (Å²) in [5.74, 6) is -2.58. The standard InChI is InChI=1S/C13H16F2N2/c14-13(15)6-7-16-9-12(13)17-8-5-10-3-1-2-4-11(10)17/h1-4,12,16H,5-9H2/t12-/m0/s1. The summed E-state index contributed by atoms with van der Waals surface area (Å²) in [5.41, 5.74) is 2.18. The first kappa shape index (κ1) is 11.0. The smallest absolute Gasteiger partial charge is 0.270 e. The van der Waals surface area contributed by atoms with Gasteiger partial charge in [-0.1, -0.05) is 18.2 Å². The van der Waals surface area contributed by atoms with Crippen LogP contribution in [0.25, 0.3) is 0 Å². The van der Waals surface area contributed by atoms with Crippen LogP contribution in [0.5, 0.6) is 0 Å². The van der Waals surface area contributed by atoms with Crippen LogP contribution in [-0.4, -0.2) is 31.6 Å². The second-order valence-electron chi connectivity index (χ2n) is 4.80. The van der Waals surface area contributed by atoms with Gasteiger partial charge in [0.2, 0.25) is 0 Å². The fraction of sp³-hybridized carbons (Fsp3) is 0.538. The van der Waals surface area contributed by atoms with Crippen LogP contribution in [0, 0.1) is 0 Å². The summed E-state index contributed by atoms with van der Waals surface area (Å²) in [6, 6.07) is 7.18. The van der Waals surface area contributed by atoms with Gasteiger partial charge in [-0.3, -0.25) is 0 Å². The minimum absolute atomic E-state index is 0.0592. The molecule has 0 aliphatic carbocycles. The highest BCUT2D eigenvalue weighted by atomic mass is 19.3. The molecule has 2 nitrogen and oxygen atoms in total. The van der Waals surface area contributed by atoms with E-state index in [2.05, 4.69) is 5.32 Å². The Morgan fingerprint density at radius 3 is 2.94 bits per heavy atom. The highest BCUT2D eigenvalue weighted by molar-refractivity contribution is 5.59. The van der Waals surface area contributed by atoms with Crippen molar-refractivity contribution in [2.24, 2.45) is 0 Å². The molecule has 0 spiro atoms. The van der Waals surface area contributed by atoms with E-state index < -0.39 is 12.0 Å². The summed E-state index contributed by atoms with van der Waals surface area (Å²) in [6.45, 7) is 1.50. The molecule has 0 saturated carbocycles. The number of nitrogens with zero attached hydrogens (tertiary/aromatic N) is 1. The number of rotatable bonds is 1. The average Bonchev–Trinajstić information content (AvgIpc) is 2.72. The number of halogens is 2. The Balaban J connectivity index is 1.91. The lowest BCUT2D eigenvalue weighted by atomic mass is 10.0. The van der Waals surface area contributed by atoms with E-state index in [-0.39, 0.29) is 6.42 Å². The van der Waals surface area contributed by atoms with Crippen molar-refractivity contribution in [3.05, 3.63) is 29.8 Å². The Bertz CT molecular complexity index is 420. The highest BCUT2D eigenvalue weighted by Crippen LogP contribution is 2.36. The maximum atomic E-state index is 13.9. The van der Waals surface area contributed by atoms with Crippen LogP contribution >= 0.6 is 0 Å². The predicted molar refractivity (Wildman–Crippen MR) is 63.7 cm³/mol. The normalized spacial score (nSPS) is 26.9. The van der Waals surface area contributed by atoms with Gasteiger partial charge in [0.15, 0.2) is 0 Å². The van der Waals surface area contributed by atoms with Gasteiger partial charge in [0.25, 0.3) is 5.92 Å². The predicted octanol–water partition coefficient (Wildman–Crippen LogP) is 2.05. The van der Waals surface area contributed by atoms with Crippen molar-refractivity contribution in [2.45, 2.75) is 24.8 Å². The Morgan fingerprint density at radius 1 is 1.29 bits per heavy atom. The first-order valence-corrected chi connectivity index (χ1v) is 6.11. The van der Waals surface area contributed by atoms with Crippen molar-refractivity contribution in [1.82, 2.24) is 5.32 Å². The van der Waals surface area contributed by atoms with Gasteiger partial charge in [-0.2, -0.15) is 0 Å². The average molecular weight is 238 g/mol. The molecule has 2 aliphatic rings. The van der Waals surface area contributed by atoms with Crippen LogP contribution in [0.4, 0.5) is 14.5 Å². The first-order valence-electron chi connectivity index (χ1n) is 6.11. The second-order valence-corrected chi connectivity index (χ2v) is 4.80. The van der Waals surface area contributed by atoms with Crippen LogP contribution in [0.2, 0.25) is 0 Å². The molecule has 1 fully saturated rings. The molecule has 0 radical (unpaired) electrons. The molecule has 2 aliphatic heterocycles. The lowest BCUT2D eigenvalue weighted by molar-refractivity contribution is -0.0468. The van der Waals surface area contributed by atoms with Gasteiger partial charge in [0.05, 0.1) is 0 Å². The van der Waals surface area contributed by atoms with Gasteiger partial charge in [0.1, 0.15) is 6.04 Å². The molecule has 1 saturated heterocycles. The molecule has 1 aromatic carbocycles. The summed E-state index contributed by atoms with van der Waals surface area (Å²) in [6.07, 6.45) is 0.819. The maximum Gasteiger partial charge on any atom is 0.270 e. The zero-order valence-corrected chi connectivity index (χ0v) is 9.63. The number of alkyl halides is 2. The van der Waals surface area contributed by atoms with E-state index in [9.17, 15) is 8.78 Å². The van der Waals surface area contributed by atoms with E-state index in [0.717, 1.165) is 12.1 Å². The largest absolute Gasteiger partial charge is 0.361 e. The quantitative estimate of drug-likeness (QED) is 0.805. The van der Waals surface area contributed by atoms with Crippen LogP contribution in [-0.2, 0) is 6.42 Å². The zero-order chi connectivity index (χ0) is 11.9. The van der Waals surface area contributed by atoms with Crippen molar-refractivity contribution < 1.29 is 8.78 Å². The lowest BCUT2D eigenvalue weighted by Gasteiger charge is -2.39. The zero-order valence-electron chi connectivity index (χ0n) is 9.63. The molecule has 1 atom stereocenters. The number of benzene rings is 1. The van der Waals surface area contributed by atoms with Crippen LogP contribution < -0.4 is 10.2 Å². The number of para-hydroxylation sites is 1. The van der Waals surface area contributed by atoms with Gasteiger partial charge in [-0.15, -0.1) is 0 Å². The van der Waals surface area contributed by atoms with Gasteiger partial charge >= 0.3 is 0 Å². The fourth-order valence-corrected chi connectivity index (χ4v) is 2.84. The van der Waals surface area contributed by atoms with E-state index in [1.807, 2.05) is 29.2 Å². The molecule has 17 heavy (non-hydrogen) atoms. The Morgan fingerprint density at radius 2 is 2.12 bits per heavy atom. The molecule has 0 unspecified atom stereocenters. The fourth-order valence-electron chi connectivity index (χ4n) is 2.84. The molecule has 3 rings (SSSR count). The molecule has 0 bridgehead atoms. The third kappa shape index (κ3) is 1.80. The van der Waals surface area contributed by atoms with E-state index >= 15 is 0 Å². The van der Waals surface area contributed by atoms with Gasteiger partial charge in [-0.05, 0) is 18.1 Å². The summed E-state index contributed by atoms with van der Waals surface area (Å²) in [4.78, 5) is 1.88. The number of piperidine rings is 1. The van der Waals surface area contributed by atoms with Gasteiger partial charge < -0.3 is 10.2 Å². The molecule has 4 heteroatoms. The van der Waals surface area contributed by atoms with E-state index in [0.29, 0.717) is 19.6 Å². The van der Waals surface area contributed by atoms with Crippen molar-refractivity contribution in [2.75, 3.05) is 24.5 Å². The SMILES string of the molecule is FC1(F)CCNC[C@@H]1N1CCc2ccccc21. The van der Waals surface area contributed by atoms with Crippen LogP contribution in [0.15, 0.2) is 24.3 Å². The number of nitrogens with one attached hydrogen (secondary N) is 1. The van der Waals surface area contributed by atoms with Crippen LogP contribution in [0.3, 0.4) is 0 Å². The molecular formula is C13H16F2N2.